The van der Waals surface area contributed by atoms with Gasteiger partial charge in [-0.2, -0.15) is 0 Å². The van der Waals surface area contributed by atoms with Gasteiger partial charge in [0, 0.05) is 19.7 Å². The molecule has 0 amide bonds. The summed E-state index contributed by atoms with van der Waals surface area (Å²) in [6, 6.07) is 11.0. The maximum atomic E-state index is 13.2. The lowest BCUT2D eigenvalue weighted by Crippen LogP contribution is -2.42. The summed E-state index contributed by atoms with van der Waals surface area (Å²) in [5.74, 6) is 0.784. The molecule has 28 heavy (non-hydrogen) atoms. The molecule has 0 aliphatic rings. The molecule has 1 unspecified atom stereocenters. The quantitative estimate of drug-likeness (QED) is 0.326. The van der Waals surface area contributed by atoms with Gasteiger partial charge in [0.15, 0.2) is 17.5 Å². The average Bonchev–Trinajstić information content (AvgIpc) is 2.64. The number of nitrogens with zero attached hydrogens (tertiary/aromatic N) is 1. The number of nitrogens with one attached hydrogen (secondary N) is 2. The van der Waals surface area contributed by atoms with Gasteiger partial charge in [0.05, 0.1) is 13.7 Å². The largest absolute Gasteiger partial charge is 0.493 e. The zero-order chi connectivity index (χ0) is 19.6. The fourth-order valence-electron chi connectivity index (χ4n) is 2.52. The van der Waals surface area contributed by atoms with Gasteiger partial charge >= 0.3 is 0 Å². The van der Waals surface area contributed by atoms with Crippen molar-refractivity contribution in [1.82, 2.24) is 10.6 Å². The van der Waals surface area contributed by atoms with Gasteiger partial charge in [-0.25, -0.2) is 8.78 Å². The lowest BCUT2D eigenvalue weighted by molar-refractivity contribution is 0.213. The standard InChI is InChI=1S/C20H25F2N3O2.HI/c1-14(27-19-7-5-4-6-18(19)26-3)13-25-20(23-2)24-9-8-15-10-16(21)12-17(22)11-15;/h4-7,10-12,14H,8-9,13H2,1-3H3,(H2,23,24,25);1H. The summed E-state index contributed by atoms with van der Waals surface area (Å²) in [6.45, 7) is 2.94. The number of hydrogen-bond acceptors (Lipinski definition) is 3. The molecule has 0 fully saturated rings. The van der Waals surface area contributed by atoms with Gasteiger partial charge in [-0.05, 0) is 43.2 Å². The van der Waals surface area contributed by atoms with Gasteiger partial charge in [0.2, 0.25) is 0 Å². The van der Waals surface area contributed by atoms with E-state index in [-0.39, 0.29) is 30.1 Å². The first-order valence-corrected chi connectivity index (χ1v) is 8.71. The van der Waals surface area contributed by atoms with Crippen LogP contribution in [0.15, 0.2) is 47.5 Å². The summed E-state index contributed by atoms with van der Waals surface area (Å²) in [5, 5.41) is 6.27. The van der Waals surface area contributed by atoms with E-state index in [9.17, 15) is 8.78 Å². The Kier molecular flexibility index (Phi) is 10.6. The molecule has 1 atom stereocenters. The van der Waals surface area contributed by atoms with Crippen LogP contribution in [0.3, 0.4) is 0 Å². The van der Waals surface area contributed by atoms with Gasteiger partial charge in [0.25, 0.3) is 0 Å². The van der Waals surface area contributed by atoms with Gasteiger partial charge in [-0.1, -0.05) is 12.1 Å². The predicted molar refractivity (Wildman–Crippen MR) is 118 cm³/mol. The zero-order valence-electron chi connectivity index (χ0n) is 16.2. The molecule has 2 rings (SSSR count). The number of methoxy groups -OCH3 is 1. The van der Waals surface area contributed by atoms with E-state index in [0.29, 0.717) is 42.5 Å². The molecule has 0 saturated carbocycles. The fourth-order valence-corrected chi connectivity index (χ4v) is 2.52. The Labute approximate surface area is 181 Å². The Morgan fingerprint density at radius 1 is 1.07 bits per heavy atom. The minimum absolute atomic E-state index is 0. The van der Waals surface area contributed by atoms with Crippen molar-refractivity contribution in [2.45, 2.75) is 19.4 Å². The highest BCUT2D eigenvalue weighted by Gasteiger charge is 2.09. The number of rotatable bonds is 8. The average molecular weight is 505 g/mol. The highest BCUT2D eigenvalue weighted by Crippen LogP contribution is 2.26. The molecule has 0 radical (unpaired) electrons. The third kappa shape index (κ3) is 7.87. The summed E-state index contributed by atoms with van der Waals surface area (Å²) >= 11 is 0. The molecule has 0 aliphatic heterocycles. The monoisotopic (exact) mass is 505 g/mol. The molecule has 0 aliphatic carbocycles. The van der Waals surface area contributed by atoms with Crippen molar-refractivity contribution in [3.63, 3.8) is 0 Å². The molecule has 0 saturated heterocycles. The van der Waals surface area contributed by atoms with E-state index in [4.69, 9.17) is 9.47 Å². The number of para-hydroxylation sites is 2. The summed E-state index contributed by atoms with van der Waals surface area (Å²) in [6.07, 6.45) is 0.347. The Morgan fingerprint density at radius 2 is 1.71 bits per heavy atom. The Balaban J connectivity index is 0.00000392. The molecular formula is C20H26F2IN3O2. The van der Waals surface area contributed by atoms with Crippen LogP contribution in [-0.4, -0.2) is 39.3 Å². The number of benzene rings is 2. The molecule has 2 aromatic carbocycles. The molecule has 154 valence electrons. The van der Waals surface area contributed by atoms with Crippen molar-refractivity contribution in [1.29, 1.82) is 0 Å². The van der Waals surface area contributed by atoms with Crippen molar-refractivity contribution in [3.05, 3.63) is 59.7 Å². The van der Waals surface area contributed by atoms with Crippen LogP contribution in [0.25, 0.3) is 0 Å². The van der Waals surface area contributed by atoms with E-state index in [0.717, 1.165) is 6.07 Å². The third-order valence-corrected chi connectivity index (χ3v) is 3.81. The number of ether oxygens (including phenoxy) is 2. The normalized spacial score (nSPS) is 12.0. The minimum Gasteiger partial charge on any atom is -0.493 e. The lowest BCUT2D eigenvalue weighted by Gasteiger charge is -2.19. The number of aliphatic imine (C=N–C) groups is 1. The van der Waals surface area contributed by atoms with Gasteiger partial charge in [0.1, 0.15) is 17.7 Å². The van der Waals surface area contributed by atoms with Crippen LogP contribution >= 0.6 is 24.0 Å². The second kappa shape index (κ2) is 12.4. The van der Waals surface area contributed by atoms with Crippen molar-refractivity contribution >= 4 is 29.9 Å². The van der Waals surface area contributed by atoms with Crippen molar-refractivity contribution in [3.8, 4) is 11.5 Å². The molecule has 5 nitrogen and oxygen atoms in total. The van der Waals surface area contributed by atoms with E-state index in [1.807, 2.05) is 31.2 Å². The Morgan fingerprint density at radius 3 is 2.32 bits per heavy atom. The second-order valence-corrected chi connectivity index (χ2v) is 5.99. The van der Waals surface area contributed by atoms with Crippen molar-refractivity contribution in [2.75, 3.05) is 27.2 Å². The van der Waals surface area contributed by atoms with E-state index in [1.54, 1.807) is 14.2 Å². The smallest absolute Gasteiger partial charge is 0.191 e. The van der Waals surface area contributed by atoms with Gasteiger partial charge < -0.3 is 20.1 Å². The van der Waals surface area contributed by atoms with Crippen LogP contribution in [0.5, 0.6) is 11.5 Å². The summed E-state index contributed by atoms with van der Waals surface area (Å²) < 4.78 is 37.6. The van der Waals surface area contributed by atoms with Crippen LogP contribution in [0, 0.1) is 11.6 Å². The van der Waals surface area contributed by atoms with Crippen LogP contribution in [0.2, 0.25) is 0 Å². The Bertz CT molecular complexity index is 755. The predicted octanol–water partition coefficient (Wildman–Crippen LogP) is 3.77. The first kappa shape index (κ1) is 23.9. The molecule has 2 N–H and O–H groups in total. The van der Waals surface area contributed by atoms with E-state index in [2.05, 4.69) is 15.6 Å². The van der Waals surface area contributed by atoms with Crippen molar-refractivity contribution in [2.24, 2.45) is 4.99 Å². The lowest BCUT2D eigenvalue weighted by atomic mass is 10.1. The molecule has 2 aromatic rings. The van der Waals surface area contributed by atoms with Crippen LogP contribution in [0.4, 0.5) is 8.78 Å². The topological polar surface area (TPSA) is 54.9 Å². The molecule has 0 bridgehead atoms. The maximum Gasteiger partial charge on any atom is 0.191 e. The van der Waals surface area contributed by atoms with Crippen molar-refractivity contribution < 1.29 is 18.3 Å². The van der Waals surface area contributed by atoms with Crippen LogP contribution in [0.1, 0.15) is 12.5 Å². The number of guanidine groups is 1. The SMILES string of the molecule is CN=C(NCCc1cc(F)cc(F)c1)NCC(C)Oc1ccccc1OC.I. The minimum atomic E-state index is -0.574. The molecule has 8 heteroatoms. The van der Waals surface area contributed by atoms with Gasteiger partial charge in [-0.15, -0.1) is 24.0 Å². The van der Waals surface area contributed by atoms with E-state index in [1.165, 1.54) is 12.1 Å². The molecule has 0 heterocycles. The summed E-state index contributed by atoms with van der Waals surface area (Å²) in [7, 11) is 3.25. The molecule has 0 aromatic heterocycles. The van der Waals surface area contributed by atoms with Crippen LogP contribution in [-0.2, 0) is 6.42 Å². The van der Waals surface area contributed by atoms with Crippen LogP contribution < -0.4 is 20.1 Å². The molecule has 0 spiro atoms. The second-order valence-electron chi connectivity index (χ2n) is 5.99. The fraction of sp³-hybridized carbons (Fsp3) is 0.350. The Hall–Kier alpha value is -2.10. The third-order valence-electron chi connectivity index (χ3n) is 3.81. The highest BCUT2D eigenvalue weighted by atomic mass is 127. The first-order chi connectivity index (χ1) is 13.0. The maximum absolute atomic E-state index is 13.2. The number of halogens is 3. The van der Waals surface area contributed by atoms with Gasteiger partial charge in [-0.3, -0.25) is 4.99 Å². The summed E-state index contributed by atoms with van der Waals surface area (Å²) in [5.41, 5.74) is 0.586. The van der Waals surface area contributed by atoms with E-state index >= 15 is 0 Å². The molecular weight excluding hydrogens is 479 g/mol. The van der Waals surface area contributed by atoms with E-state index < -0.39 is 11.6 Å². The zero-order valence-corrected chi connectivity index (χ0v) is 18.5. The first-order valence-electron chi connectivity index (χ1n) is 8.71. The number of hydrogen-bond donors (Lipinski definition) is 2. The highest BCUT2D eigenvalue weighted by molar-refractivity contribution is 14.0. The summed E-state index contributed by atoms with van der Waals surface area (Å²) in [4.78, 5) is 4.13.